The van der Waals surface area contributed by atoms with Crippen molar-refractivity contribution in [3.8, 4) is 0 Å². The third-order valence-corrected chi connectivity index (χ3v) is 3.93. The van der Waals surface area contributed by atoms with Crippen LogP contribution in [0, 0.1) is 6.92 Å². The Morgan fingerprint density at radius 3 is 2.35 bits per heavy atom. The Morgan fingerprint density at radius 1 is 1.06 bits per heavy atom. The Hall–Kier alpha value is -0.500. The second kappa shape index (κ2) is 5.43. The summed E-state index contributed by atoms with van der Waals surface area (Å²) in [5, 5.41) is 0.467. The first kappa shape index (κ1) is 12.9. The predicted molar refractivity (Wildman–Crippen MR) is 78.0 cm³/mol. The normalized spacial score (nSPS) is 12.5. The average Bonchev–Trinajstić information content (AvgIpc) is 2.32. The highest BCUT2D eigenvalue weighted by molar-refractivity contribution is 9.10. The topological polar surface area (TPSA) is 0 Å². The number of alkyl halides is 1. The van der Waals surface area contributed by atoms with Crippen LogP contribution in [0.15, 0.2) is 46.9 Å². The molecule has 0 aliphatic heterocycles. The van der Waals surface area contributed by atoms with E-state index in [0.29, 0.717) is 5.02 Å². The lowest BCUT2D eigenvalue weighted by Gasteiger charge is -2.13. The van der Waals surface area contributed by atoms with Crippen molar-refractivity contribution >= 4 is 39.1 Å². The summed E-state index contributed by atoms with van der Waals surface area (Å²) in [6.07, 6.45) is 0. The van der Waals surface area contributed by atoms with Crippen LogP contribution >= 0.6 is 39.1 Å². The van der Waals surface area contributed by atoms with Gasteiger partial charge in [0, 0.05) is 9.50 Å². The highest BCUT2D eigenvalue weighted by Crippen LogP contribution is 2.35. The van der Waals surface area contributed by atoms with Gasteiger partial charge in [0.1, 0.15) is 0 Å². The summed E-state index contributed by atoms with van der Waals surface area (Å²) in [4.78, 5) is 0. The lowest BCUT2D eigenvalue weighted by atomic mass is 10.0. The van der Waals surface area contributed by atoms with Gasteiger partial charge in [-0.25, -0.2) is 0 Å². The highest BCUT2D eigenvalue weighted by Gasteiger charge is 2.14. The zero-order valence-corrected chi connectivity index (χ0v) is 12.4. The van der Waals surface area contributed by atoms with Crippen molar-refractivity contribution < 1.29 is 0 Å². The largest absolute Gasteiger partial charge is 0.113 e. The van der Waals surface area contributed by atoms with E-state index in [-0.39, 0.29) is 5.38 Å². The van der Waals surface area contributed by atoms with Gasteiger partial charge in [-0.2, -0.15) is 0 Å². The van der Waals surface area contributed by atoms with E-state index in [2.05, 4.69) is 35.0 Å². The minimum atomic E-state index is -0.222. The van der Waals surface area contributed by atoms with E-state index in [9.17, 15) is 0 Å². The summed E-state index contributed by atoms with van der Waals surface area (Å²) in [5.41, 5.74) is 3.20. The van der Waals surface area contributed by atoms with Crippen molar-refractivity contribution in [2.75, 3.05) is 0 Å². The molecule has 0 saturated heterocycles. The first-order chi connectivity index (χ1) is 8.08. The SMILES string of the molecule is Cc1ccc(C(Cl)c2cc(Br)ccc2Cl)cc1. The van der Waals surface area contributed by atoms with Gasteiger partial charge in [-0.05, 0) is 36.2 Å². The standard InChI is InChI=1S/C14H11BrCl2/c1-9-2-4-10(5-3-9)14(17)12-8-11(15)6-7-13(12)16/h2-8,14H,1H3. The average molecular weight is 330 g/mol. The van der Waals surface area contributed by atoms with Crippen LogP contribution in [0.2, 0.25) is 5.02 Å². The molecule has 0 fully saturated rings. The molecule has 0 aliphatic rings. The van der Waals surface area contributed by atoms with E-state index in [0.717, 1.165) is 15.6 Å². The predicted octanol–water partition coefficient (Wildman–Crippen LogP) is 5.74. The Labute approximate surface area is 120 Å². The van der Waals surface area contributed by atoms with Crippen LogP contribution in [0.5, 0.6) is 0 Å². The molecular weight excluding hydrogens is 319 g/mol. The molecule has 1 atom stereocenters. The number of hydrogen-bond acceptors (Lipinski definition) is 0. The zero-order valence-electron chi connectivity index (χ0n) is 9.25. The number of rotatable bonds is 2. The van der Waals surface area contributed by atoms with E-state index >= 15 is 0 Å². The lowest BCUT2D eigenvalue weighted by Crippen LogP contribution is -1.94. The van der Waals surface area contributed by atoms with E-state index < -0.39 is 0 Å². The minimum absolute atomic E-state index is 0.222. The molecule has 0 N–H and O–H groups in total. The van der Waals surface area contributed by atoms with Crippen molar-refractivity contribution in [2.24, 2.45) is 0 Å². The van der Waals surface area contributed by atoms with Gasteiger partial charge in [0.2, 0.25) is 0 Å². The molecule has 3 heteroatoms. The van der Waals surface area contributed by atoms with Gasteiger partial charge >= 0.3 is 0 Å². The van der Waals surface area contributed by atoms with Crippen LogP contribution < -0.4 is 0 Å². The van der Waals surface area contributed by atoms with Gasteiger partial charge < -0.3 is 0 Å². The van der Waals surface area contributed by atoms with Crippen LogP contribution in [-0.4, -0.2) is 0 Å². The molecule has 0 heterocycles. The maximum Gasteiger partial charge on any atom is 0.0850 e. The van der Waals surface area contributed by atoms with Crippen molar-refractivity contribution in [3.63, 3.8) is 0 Å². The molecule has 2 aromatic rings. The molecular formula is C14H11BrCl2. The second-order valence-corrected chi connectivity index (χ2v) is 5.70. The fraction of sp³-hybridized carbons (Fsp3) is 0.143. The molecule has 0 aliphatic carbocycles. The maximum atomic E-state index is 6.46. The monoisotopic (exact) mass is 328 g/mol. The van der Waals surface area contributed by atoms with Crippen LogP contribution in [-0.2, 0) is 0 Å². The summed E-state index contributed by atoms with van der Waals surface area (Å²) >= 11 is 16.1. The lowest BCUT2D eigenvalue weighted by molar-refractivity contribution is 1.13. The molecule has 0 aromatic heterocycles. The summed E-state index contributed by atoms with van der Waals surface area (Å²) in [5.74, 6) is 0. The molecule has 0 radical (unpaired) electrons. The number of benzene rings is 2. The first-order valence-electron chi connectivity index (χ1n) is 5.23. The molecule has 0 nitrogen and oxygen atoms in total. The van der Waals surface area contributed by atoms with Gasteiger partial charge in [-0.15, -0.1) is 11.6 Å². The molecule has 2 rings (SSSR count). The quantitative estimate of drug-likeness (QED) is 0.616. The molecule has 88 valence electrons. The van der Waals surface area contributed by atoms with Gasteiger partial charge in [0.15, 0.2) is 0 Å². The summed E-state index contributed by atoms with van der Waals surface area (Å²) in [6.45, 7) is 2.05. The summed E-state index contributed by atoms with van der Waals surface area (Å²) < 4.78 is 0.981. The van der Waals surface area contributed by atoms with Crippen molar-refractivity contribution in [2.45, 2.75) is 12.3 Å². The van der Waals surface area contributed by atoms with Gasteiger partial charge in [0.25, 0.3) is 0 Å². The van der Waals surface area contributed by atoms with Crippen molar-refractivity contribution in [1.29, 1.82) is 0 Å². The molecule has 1 unspecified atom stereocenters. The highest BCUT2D eigenvalue weighted by atomic mass is 79.9. The van der Waals surface area contributed by atoms with Crippen LogP contribution in [0.4, 0.5) is 0 Å². The Kier molecular flexibility index (Phi) is 4.13. The molecule has 17 heavy (non-hydrogen) atoms. The Bertz CT molecular complexity index is 520. The molecule has 0 bridgehead atoms. The summed E-state index contributed by atoms with van der Waals surface area (Å²) in [7, 11) is 0. The Balaban J connectivity index is 2.39. The number of aryl methyl sites for hydroxylation is 1. The molecule has 2 aromatic carbocycles. The van der Waals surface area contributed by atoms with E-state index in [1.165, 1.54) is 5.56 Å². The van der Waals surface area contributed by atoms with Crippen LogP contribution in [0.25, 0.3) is 0 Å². The van der Waals surface area contributed by atoms with Crippen molar-refractivity contribution in [1.82, 2.24) is 0 Å². The molecule has 0 spiro atoms. The van der Waals surface area contributed by atoms with E-state index in [4.69, 9.17) is 23.2 Å². The third-order valence-electron chi connectivity index (χ3n) is 2.60. The zero-order chi connectivity index (χ0) is 12.4. The minimum Gasteiger partial charge on any atom is -0.113 e. The van der Waals surface area contributed by atoms with Crippen molar-refractivity contribution in [3.05, 3.63) is 68.7 Å². The van der Waals surface area contributed by atoms with Crippen LogP contribution in [0.1, 0.15) is 22.1 Å². The van der Waals surface area contributed by atoms with Gasteiger partial charge in [0.05, 0.1) is 5.38 Å². The fourth-order valence-corrected chi connectivity index (χ4v) is 2.61. The first-order valence-corrected chi connectivity index (χ1v) is 6.84. The van der Waals surface area contributed by atoms with Gasteiger partial charge in [-0.3, -0.25) is 0 Å². The Morgan fingerprint density at radius 2 is 1.71 bits per heavy atom. The third kappa shape index (κ3) is 3.04. The number of halogens is 3. The number of hydrogen-bond donors (Lipinski definition) is 0. The van der Waals surface area contributed by atoms with E-state index in [1.54, 1.807) is 0 Å². The smallest absolute Gasteiger partial charge is 0.0850 e. The second-order valence-electron chi connectivity index (χ2n) is 3.94. The maximum absolute atomic E-state index is 6.46. The van der Waals surface area contributed by atoms with E-state index in [1.807, 2.05) is 30.3 Å². The van der Waals surface area contributed by atoms with Gasteiger partial charge in [-0.1, -0.05) is 57.4 Å². The fourth-order valence-electron chi connectivity index (χ4n) is 1.62. The van der Waals surface area contributed by atoms with Crippen LogP contribution in [0.3, 0.4) is 0 Å². The summed E-state index contributed by atoms with van der Waals surface area (Å²) in [6, 6.07) is 13.9. The molecule has 0 amide bonds. The molecule has 0 saturated carbocycles.